The van der Waals surface area contributed by atoms with Gasteiger partial charge in [0.1, 0.15) is 5.75 Å². The van der Waals surface area contributed by atoms with Gasteiger partial charge in [0.25, 0.3) is 0 Å². The number of hydrogen-bond acceptors (Lipinski definition) is 1. The maximum Gasteiger partial charge on any atom is 0.115 e. The molecule has 1 rings (SSSR count). The average molecular weight is 313 g/mol. The second-order valence-electron chi connectivity index (χ2n) is 5.06. The molecule has 0 spiro atoms. The smallest absolute Gasteiger partial charge is 0.115 e. The van der Waals surface area contributed by atoms with Gasteiger partial charge in [-0.3, -0.25) is 0 Å². The Labute approximate surface area is 120 Å². The molecule has 0 heterocycles. The van der Waals surface area contributed by atoms with E-state index in [-0.39, 0.29) is 0 Å². The number of benzene rings is 1. The Morgan fingerprint density at radius 1 is 1.11 bits per heavy atom. The molecular formula is C16H25BrO. The summed E-state index contributed by atoms with van der Waals surface area (Å²) in [5, 5.41) is 9.40. The summed E-state index contributed by atoms with van der Waals surface area (Å²) in [6.45, 7) is 4.31. The van der Waals surface area contributed by atoms with Crippen LogP contribution in [-0.4, -0.2) is 5.11 Å². The van der Waals surface area contributed by atoms with Crippen molar-refractivity contribution in [1.29, 1.82) is 0 Å². The Morgan fingerprint density at radius 2 is 1.78 bits per heavy atom. The number of hydrogen-bond donors (Lipinski definition) is 1. The van der Waals surface area contributed by atoms with Crippen LogP contribution in [-0.2, 0) is 0 Å². The Balaban J connectivity index is 2.29. The molecular weight excluding hydrogens is 288 g/mol. The molecule has 0 saturated carbocycles. The van der Waals surface area contributed by atoms with Crippen LogP contribution < -0.4 is 0 Å². The number of phenolic OH excluding ortho intramolecular Hbond substituents is 1. The molecule has 0 aromatic heterocycles. The molecule has 0 radical (unpaired) electrons. The normalized spacial score (nSPS) is 12.6. The summed E-state index contributed by atoms with van der Waals surface area (Å²) in [6.07, 6.45) is 9.21. The third-order valence-corrected chi connectivity index (χ3v) is 4.35. The summed E-state index contributed by atoms with van der Waals surface area (Å²) in [5.74, 6) is 0.357. The molecule has 0 aliphatic rings. The van der Waals surface area contributed by atoms with Crippen LogP contribution in [0, 0.1) is 6.92 Å². The highest BCUT2D eigenvalue weighted by Crippen LogP contribution is 2.32. The van der Waals surface area contributed by atoms with Crippen LogP contribution >= 0.6 is 15.9 Å². The van der Waals surface area contributed by atoms with Gasteiger partial charge >= 0.3 is 0 Å². The quantitative estimate of drug-likeness (QED) is 0.469. The topological polar surface area (TPSA) is 20.2 Å². The van der Waals surface area contributed by atoms with E-state index in [0.717, 1.165) is 0 Å². The van der Waals surface area contributed by atoms with E-state index in [2.05, 4.69) is 29.8 Å². The molecule has 1 aromatic carbocycles. The van der Waals surface area contributed by atoms with Gasteiger partial charge in [-0.2, -0.15) is 0 Å². The second kappa shape index (κ2) is 8.58. The molecule has 18 heavy (non-hydrogen) atoms. The van der Waals surface area contributed by atoms with E-state index in [0.29, 0.717) is 10.6 Å². The summed E-state index contributed by atoms with van der Waals surface area (Å²) in [4.78, 5) is 0.421. The Kier molecular flexibility index (Phi) is 7.41. The van der Waals surface area contributed by atoms with E-state index in [9.17, 15) is 5.11 Å². The van der Waals surface area contributed by atoms with Crippen molar-refractivity contribution in [2.75, 3.05) is 0 Å². The van der Waals surface area contributed by atoms with Gasteiger partial charge in [-0.25, -0.2) is 0 Å². The van der Waals surface area contributed by atoms with Crippen LogP contribution in [0.2, 0.25) is 0 Å². The summed E-state index contributed by atoms with van der Waals surface area (Å²) in [7, 11) is 0. The lowest BCUT2D eigenvalue weighted by Crippen LogP contribution is -1.94. The summed E-state index contributed by atoms with van der Waals surface area (Å²) >= 11 is 3.76. The van der Waals surface area contributed by atoms with E-state index in [1.54, 1.807) is 6.07 Å². The van der Waals surface area contributed by atoms with Crippen molar-refractivity contribution < 1.29 is 5.11 Å². The monoisotopic (exact) mass is 312 g/mol. The molecule has 0 saturated heterocycles. The highest BCUT2D eigenvalue weighted by molar-refractivity contribution is 9.09. The molecule has 1 nitrogen and oxygen atoms in total. The van der Waals surface area contributed by atoms with Crippen LogP contribution in [0.1, 0.15) is 67.8 Å². The number of unbranched alkanes of at least 4 members (excludes halogenated alkanes) is 5. The van der Waals surface area contributed by atoms with Gasteiger partial charge in [-0.05, 0) is 36.6 Å². The molecule has 2 heteroatoms. The minimum Gasteiger partial charge on any atom is -0.508 e. The van der Waals surface area contributed by atoms with Crippen molar-refractivity contribution in [3.8, 4) is 5.75 Å². The van der Waals surface area contributed by atoms with Crippen molar-refractivity contribution in [1.82, 2.24) is 0 Å². The van der Waals surface area contributed by atoms with Crippen molar-refractivity contribution >= 4 is 15.9 Å². The van der Waals surface area contributed by atoms with Crippen molar-refractivity contribution in [2.24, 2.45) is 0 Å². The minimum absolute atomic E-state index is 0.357. The van der Waals surface area contributed by atoms with E-state index in [1.807, 2.05) is 12.1 Å². The van der Waals surface area contributed by atoms with Gasteiger partial charge in [0.2, 0.25) is 0 Å². The second-order valence-corrected chi connectivity index (χ2v) is 6.17. The Morgan fingerprint density at radius 3 is 2.44 bits per heavy atom. The molecule has 102 valence electrons. The highest BCUT2D eigenvalue weighted by atomic mass is 79.9. The van der Waals surface area contributed by atoms with Gasteiger partial charge in [0, 0.05) is 4.83 Å². The maximum absolute atomic E-state index is 9.40. The van der Waals surface area contributed by atoms with Gasteiger partial charge in [0.15, 0.2) is 0 Å². The zero-order chi connectivity index (χ0) is 13.4. The Bertz CT molecular complexity index is 349. The van der Waals surface area contributed by atoms with Crippen LogP contribution in [0.4, 0.5) is 0 Å². The first-order valence-electron chi connectivity index (χ1n) is 7.08. The molecule has 1 aromatic rings. The predicted octanol–water partition coefficient (Wildman–Crippen LogP) is 5.89. The van der Waals surface area contributed by atoms with Gasteiger partial charge in [-0.15, -0.1) is 0 Å². The van der Waals surface area contributed by atoms with E-state index < -0.39 is 0 Å². The molecule has 0 bridgehead atoms. The van der Waals surface area contributed by atoms with Crippen LogP contribution in [0.25, 0.3) is 0 Å². The fourth-order valence-corrected chi connectivity index (χ4v) is 3.11. The number of alkyl halides is 1. The Hall–Kier alpha value is -0.500. The molecule has 0 aliphatic carbocycles. The van der Waals surface area contributed by atoms with E-state index >= 15 is 0 Å². The minimum atomic E-state index is 0.357. The first-order chi connectivity index (χ1) is 8.65. The highest BCUT2D eigenvalue weighted by Gasteiger charge is 2.10. The van der Waals surface area contributed by atoms with Crippen molar-refractivity contribution in [2.45, 2.75) is 63.6 Å². The van der Waals surface area contributed by atoms with Crippen molar-refractivity contribution in [3.63, 3.8) is 0 Å². The SMILES string of the molecule is CCCCCCCCC(Br)c1ccc(O)cc1C. The maximum atomic E-state index is 9.40. The van der Waals surface area contributed by atoms with Gasteiger partial charge in [-0.1, -0.05) is 67.4 Å². The van der Waals surface area contributed by atoms with E-state index in [1.165, 1.54) is 56.1 Å². The third-order valence-electron chi connectivity index (χ3n) is 3.40. The molecule has 1 N–H and O–H groups in total. The number of rotatable bonds is 8. The summed E-state index contributed by atoms with van der Waals surface area (Å²) < 4.78 is 0. The molecule has 0 fully saturated rings. The number of phenols is 1. The third kappa shape index (κ3) is 5.43. The summed E-state index contributed by atoms with van der Waals surface area (Å²) in [6, 6.07) is 5.64. The predicted molar refractivity (Wildman–Crippen MR) is 82.5 cm³/mol. The van der Waals surface area contributed by atoms with Crippen LogP contribution in [0.3, 0.4) is 0 Å². The first-order valence-corrected chi connectivity index (χ1v) is 8.00. The molecule has 1 atom stereocenters. The molecule has 1 unspecified atom stereocenters. The number of halogens is 1. The lowest BCUT2D eigenvalue weighted by Gasteiger charge is -2.13. The fraction of sp³-hybridized carbons (Fsp3) is 0.625. The molecule has 0 amide bonds. The number of aryl methyl sites for hydroxylation is 1. The lowest BCUT2D eigenvalue weighted by molar-refractivity contribution is 0.474. The summed E-state index contributed by atoms with van der Waals surface area (Å²) in [5.41, 5.74) is 2.48. The largest absolute Gasteiger partial charge is 0.508 e. The van der Waals surface area contributed by atoms with Crippen LogP contribution in [0.5, 0.6) is 5.75 Å². The van der Waals surface area contributed by atoms with Gasteiger partial charge < -0.3 is 5.11 Å². The fourth-order valence-electron chi connectivity index (χ4n) is 2.27. The van der Waals surface area contributed by atoms with Crippen LogP contribution in [0.15, 0.2) is 18.2 Å². The number of aromatic hydroxyl groups is 1. The van der Waals surface area contributed by atoms with Gasteiger partial charge in [0.05, 0.1) is 0 Å². The van der Waals surface area contributed by atoms with E-state index in [4.69, 9.17) is 0 Å². The lowest BCUT2D eigenvalue weighted by atomic mass is 10.0. The molecule has 0 aliphatic heterocycles. The zero-order valence-electron chi connectivity index (χ0n) is 11.6. The zero-order valence-corrected chi connectivity index (χ0v) is 13.2. The van der Waals surface area contributed by atoms with Crippen molar-refractivity contribution in [3.05, 3.63) is 29.3 Å². The standard InChI is InChI=1S/C16H25BrO/c1-3-4-5-6-7-8-9-16(17)15-11-10-14(18)12-13(15)2/h10-12,16,18H,3-9H2,1-2H3. The first kappa shape index (κ1) is 15.6. The average Bonchev–Trinajstić information content (AvgIpc) is 2.33.